The van der Waals surface area contributed by atoms with Gasteiger partial charge in [0, 0.05) is 36.9 Å². The number of carboxylic acids is 1. The van der Waals surface area contributed by atoms with Crippen LogP contribution in [0.15, 0.2) is 47.6 Å². The van der Waals surface area contributed by atoms with Crippen molar-refractivity contribution in [2.45, 2.75) is 44.5 Å². The Hall–Kier alpha value is -2.65. The molecule has 0 aliphatic carbocycles. The Morgan fingerprint density at radius 1 is 1.14 bits per heavy atom. The lowest BCUT2D eigenvalue weighted by Gasteiger charge is -2.34. The number of benzene rings is 2. The first-order valence-electron chi connectivity index (χ1n) is 11.2. The molecular formula is C24H24Cl2F3N3O3. The minimum atomic E-state index is -4.63. The Bertz CT molecular complexity index is 1100. The monoisotopic (exact) mass is 529 g/mol. The summed E-state index contributed by atoms with van der Waals surface area (Å²) in [5.41, 5.74) is 0.285. The third-order valence-corrected chi connectivity index (χ3v) is 6.86. The second-order valence-electron chi connectivity index (χ2n) is 8.68. The number of aliphatic carboxylic acids is 1. The molecule has 2 aliphatic rings. The summed E-state index contributed by atoms with van der Waals surface area (Å²) in [5.74, 6) is -1.67. The van der Waals surface area contributed by atoms with E-state index in [0.29, 0.717) is 21.5 Å². The Labute approximate surface area is 210 Å². The maximum absolute atomic E-state index is 13.4. The van der Waals surface area contributed by atoms with E-state index in [1.165, 1.54) is 6.92 Å². The van der Waals surface area contributed by atoms with E-state index in [0.717, 1.165) is 36.6 Å². The highest BCUT2D eigenvalue weighted by molar-refractivity contribution is 6.35. The highest BCUT2D eigenvalue weighted by Crippen LogP contribution is 2.37. The number of rotatable bonds is 6. The lowest BCUT2D eigenvalue weighted by atomic mass is 9.94. The number of nitrogens with zero attached hydrogens (tertiary/aromatic N) is 3. The van der Waals surface area contributed by atoms with Gasteiger partial charge in [-0.1, -0.05) is 30.1 Å². The van der Waals surface area contributed by atoms with Crippen molar-refractivity contribution in [2.24, 2.45) is 11.0 Å². The van der Waals surface area contributed by atoms with Crippen LogP contribution >= 0.6 is 23.2 Å². The molecule has 6 nitrogen and oxygen atoms in total. The number of hydrazone groups is 1. The van der Waals surface area contributed by atoms with Crippen molar-refractivity contribution in [1.29, 1.82) is 0 Å². The minimum absolute atomic E-state index is 0.0310. The summed E-state index contributed by atoms with van der Waals surface area (Å²) in [5, 5.41) is 15.3. The van der Waals surface area contributed by atoms with Crippen LogP contribution in [0.1, 0.15) is 26.2 Å². The van der Waals surface area contributed by atoms with E-state index in [9.17, 15) is 23.1 Å². The Morgan fingerprint density at radius 3 is 2.40 bits per heavy atom. The van der Waals surface area contributed by atoms with Gasteiger partial charge in [0.1, 0.15) is 17.6 Å². The van der Waals surface area contributed by atoms with Crippen LogP contribution in [0.5, 0.6) is 5.75 Å². The molecule has 2 aromatic carbocycles. The normalized spacial score (nSPS) is 21.3. The van der Waals surface area contributed by atoms with Crippen molar-refractivity contribution in [3.05, 3.63) is 52.5 Å². The molecule has 0 unspecified atom stereocenters. The Kier molecular flexibility index (Phi) is 7.38. The number of alkyl halides is 3. The molecule has 0 radical (unpaired) electrons. The summed E-state index contributed by atoms with van der Waals surface area (Å²) in [4.78, 5) is 13.4. The van der Waals surface area contributed by atoms with E-state index in [2.05, 4.69) is 10.0 Å². The highest BCUT2D eigenvalue weighted by Gasteiger charge is 2.48. The summed E-state index contributed by atoms with van der Waals surface area (Å²) in [6, 6.07) is 11.0. The van der Waals surface area contributed by atoms with Gasteiger partial charge < -0.3 is 14.7 Å². The predicted octanol–water partition coefficient (Wildman–Crippen LogP) is 6.26. The van der Waals surface area contributed by atoms with Crippen molar-refractivity contribution < 1.29 is 27.8 Å². The van der Waals surface area contributed by atoms with Gasteiger partial charge in [-0.3, -0.25) is 9.80 Å². The van der Waals surface area contributed by atoms with E-state index < -0.39 is 36.2 Å². The number of piperidine rings is 1. The van der Waals surface area contributed by atoms with E-state index >= 15 is 0 Å². The van der Waals surface area contributed by atoms with Crippen LogP contribution in [0, 0.1) is 5.92 Å². The highest BCUT2D eigenvalue weighted by atomic mass is 35.5. The molecule has 0 saturated carbocycles. The van der Waals surface area contributed by atoms with Crippen LogP contribution in [-0.2, 0) is 4.79 Å². The zero-order valence-corrected chi connectivity index (χ0v) is 20.3. The van der Waals surface area contributed by atoms with Crippen LogP contribution in [0.25, 0.3) is 0 Å². The molecule has 0 spiro atoms. The number of carbonyl (C=O) groups is 1. The molecule has 35 heavy (non-hydrogen) atoms. The summed E-state index contributed by atoms with van der Waals surface area (Å²) < 4.78 is 46.2. The maximum Gasteiger partial charge on any atom is 0.431 e. The van der Waals surface area contributed by atoms with Crippen LogP contribution in [0.4, 0.5) is 24.5 Å². The van der Waals surface area contributed by atoms with Gasteiger partial charge in [-0.2, -0.15) is 18.3 Å². The zero-order valence-electron chi connectivity index (χ0n) is 18.8. The molecule has 4 rings (SSSR count). The van der Waals surface area contributed by atoms with Crippen molar-refractivity contribution in [1.82, 2.24) is 0 Å². The van der Waals surface area contributed by atoms with E-state index in [1.54, 1.807) is 36.4 Å². The smallest absolute Gasteiger partial charge is 0.431 e. The van der Waals surface area contributed by atoms with E-state index in [4.69, 9.17) is 27.9 Å². The number of anilines is 2. The van der Waals surface area contributed by atoms with Gasteiger partial charge in [-0.25, -0.2) is 0 Å². The SMILES string of the molecule is C[C@@H]1C(C(F)(F)F)=NN(c2ccc(OC3CCN(c4cc(Cl)ccc4Cl)CC3)cc2)[C@H]1CC(=O)O. The fourth-order valence-corrected chi connectivity index (χ4v) is 4.90. The molecule has 2 aromatic rings. The minimum Gasteiger partial charge on any atom is -0.490 e. The van der Waals surface area contributed by atoms with Gasteiger partial charge in [0.25, 0.3) is 0 Å². The largest absolute Gasteiger partial charge is 0.490 e. The maximum atomic E-state index is 13.4. The first kappa shape index (κ1) is 25.4. The van der Waals surface area contributed by atoms with E-state index in [-0.39, 0.29) is 6.10 Å². The fourth-order valence-electron chi connectivity index (χ4n) is 4.49. The standard InChI is InChI=1S/C24H24Cl2F3N3O3/c1-14-20(13-22(33)34)32(30-23(14)24(27,28)29)16-3-5-17(6-4-16)35-18-8-10-31(11-9-18)21-12-15(25)2-7-19(21)26/h2-7,12,14,18,20H,8-11,13H2,1H3,(H,33,34)/t14-,20-/m0/s1. The van der Waals surface area contributed by atoms with Crippen molar-refractivity contribution in [2.75, 3.05) is 23.0 Å². The van der Waals surface area contributed by atoms with Crippen molar-refractivity contribution in [3.8, 4) is 5.75 Å². The average Bonchev–Trinajstić information content (AvgIpc) is 3.12. The van der Waals surface area contributed by atoms with Gasteiger partial charge in [0.2, 0.25) is 0 Å². The molecule has 1 fully saturated rings. The van der Waals surface area contributed by atoms with Gasteiger partial charge in [-0.05, 0) is 42.5 Å². The van der Waals surface area contributed by atoms with Crippen LogP contribution < -0.4 is 14.6 Å². The number of hydrogen-bond acceptors (Lipinski definition) is 5. The summed E-state index contributed by atoms with van der Waals surface area (Å²) in [6.07, 6.45) is -3.60. The fraction of sp³-hybridized carbons (Fsp3) is 0.417. The predicted molar refractivity (Wildman–Crippen MR) is 130 cm³/mol. The van der Waals surface area contributed by atoms with Crippen molar-refractivity contribution in [3.63, 3.8) is 0 Å². The summed E-state index contributed by atoms with van der Waals surface area (Å²) in [6.45, 7) is 2.82. The van der Waals surface area contributed by atoms with E-state index in [1.807, 2.05) is 6.07 Å². The van der Waals surface area contributed by atoms with Crippen molar-refractivity contribution >= 4 is 46.3 Å². The lowest BCUT2D eigenvalue weighted by Crippen LogP contribution is -2.38. The average molecular weight is 530 g/mol. The molecule has 11 heteroatoms. The van der Waals surface area contributed by atoms with Crippen LogP contribution in [-0.4, -0.2) is 48.2 Å². The third kappa shape index (κ3) is 5.78. The molecule has 0 aromatic heterocycles. The topological polar surface area (TPSA) is 65.4 Å². The van der Waals surface area contributed by atoms with Gasteiger partial charge in [0.05, 0.1) is 28.9 Å². The molecule has 0 amide bonds. The number of halogens is 5. The first-order valence-corrected chi connectivity index (χ1v) is 11.9. The quantitative estimate of drug-likeness (QED) is 0.478. The van der Waals surface area contributed by atoms with Gasteiger partial charge >= 0.3 is 12.1 Å². The lowest BCUT2D eigenvalue weighted by molar-refractivity contribution is -0.137. The molecule has 188 valence electrons. The van der Waals surface area contributed by atoms with Gasteiger partial charge in [-0.15, -0.1) is 0 Å². The second-order valence-corrected chi connectivity index (χ2v) is 9.52. The number of hydrogen-bond donors (Lipinski definition) is 1. The molecule has 2 heterocycles. The molecule has 2 aliphatic heterocycles. The van der Waals surface area contributed by atoms with Crippen LogP contribution in [0.2, 0.25) is 10.0 Å². The Morgan fingerprint density at radius 2 is 1.80 bits per heavy atom. The number of carboxylic acid groups (broad SMARTS) is 1. The zero-order chi connectivity index (χ0) is 25.3. The third-order valence-electron chi connectivity index (χ3n) is 6.31. The first-order chi connectivity index (χ1) is 16.5. The summed E-state index contributed by atoms with van der Waals surface area (Å²) in [7, 11) is 0. The Balaban J connectivity index is 1.41. The second kappa shape index (κ2) is 10.1. The summed E-state index contributed by atoms with van der Waals surface area (Å²) >= 11 is 12.4. The molecular weight excluding hydrogens is 506 g/mol. The van der Waals surface area contributed by atoms with Crippen LogP contribution in [0.3, 0.4) is 0 Å². The molecule has 1 N–H and O–H groups in total. The molecule has 2 atom stereocenters. The number of ether oxygens (including phenoxy) is 1. The van der Waals surface area contributed by atoms with Gasteiger partial charge in [0.15, 0.2) is 0 Å². The molecule has 0 bridgehead atoms. The molecule has 1 saturated heterocycles.